The van der Waals surface area contributed by atoms with E-state index in [0.717, 1.165) is 6.07 Å². The number of nitrogen functional groups attached to an aromatic ring is 1. The van der Waals surface area contributed by atoms with Crippen molar-refractivity contribution in [3.63, 3.8) is 0 Å². The average molecular weight is 327 g/mol. The maximum absolute atomic E-state index is 13.9. The molecule has 2 heterocycles. The summed E-state index contributed by atoms with van der Waals surface area (Å²) in [6.07, 6.45) is 1.34. The Morgan fingerprint density at radius 3 is 2.88 bits per heavy atom. The highest BCUT2D eigenvalue weighted by Gasteiger charge is 2.12. The molecule has 24 heavy (non-hydrogen) atoms. The molecule has 3 aromatic rings. The number of nitrogens with one attached hydrogen (secondary N) is 1. The summed E-state index contributed by atoms with van der Waals surface area (Å²) in [4.78, 5) is 24.3. The fraction of sp³-hybridized carbons (Fsp3) is 0.125. The molecule has 122 valence electrons. The van der Waals surface area contributed by atoms with Gasteiger partial charge in [-0.05, 0) is 30.3 Å². The molecule has 7 nitrogen and oxygen atoms in total. The normalized spacial score (nSPS) is 10.8. The molecule has 0 spiro atoms. The van der Waals surface area contributed by atoms with Gasteiger partial charge in [-0.2, -0.15) is 0 Å². The molecular weight excluding hydrogens is 313 g/mol. The number of aliphatic hydroxyl groups is 1. The number of nitrogens with two attached hydrogens (primary N) is 1. The molecule has 0 saturated carbocycles. The number of carbonyl (C=O) groups is 1. The number of hydrogen-bond acceptors (Lipinski definition) is 6. The molecule has 0 atom stereocenters. The number of pyridine rings is 1. The van der Waals surface area contributed by atoms with Gasteiger partial charge in [-0.25, -0.2) is 19.3 Å². The van der Waals surface area contributed by atoms with Gasteiger partial charge in [-0.3, -0.25) is 4.79 Å². The Hall–Kier alpha value is -3.13. The lowest BCUT2D eigenvalue weighted by Crippen LogP contribution is -2.26. The topological polar surface area (TPSA) is 114 Å². The summed E-state index contributed by atoms with van der Waals surface area (Å²) in [6, 6.07) is 7.28. The molecule has 0 saturated heterocycles. The first-order valence-electron chi connectivity index (χ1n) is 7.16. The largest absolute Gasteiger partial charge is 0.395 e. The number of amides is 1. The van der Waals surface area contributed by atoms with Gasteiger partial charge in [0.25, 0.3) is 5.91 Å². The van der Waals surface area contributed by atoms with Crippen LogP contribution in [-0.2, 0) is 0 Å². The van der Waals surface area contributed by atoms with Crippen LogP contribution >= 0.6 is 0 Å². The molecule has 0 aliphatic heterocycles. The second-order valence-corrected chi connectivity index (χ2v) is 5.03. The van der Waals surface area contributed by atoms with Crippen LogP contribution in [0, 0.1) is 5.82 Å². The summed E-state index contributed by atoms with van der Waals surface area (Å²) in [5, 5.41) is 11.2. The fourth-order valence-electron chi connectivity index (χ4n) is 2.26. The van der Waals surface area contributed by atoms with E-state index in [1.54, 1.807) is 12.1 Å². The Labute approximate surface area is 136 Å². The van der Waals surface area contributed by atoms with Crippen LogP contribution in [0.15, 0.2) is 36.7 Å². The number of benzene rings is 1. The molecule has 0 bridgehead atoms. The van der Waals surface area contributed by atoms with E-state index in [0.29, 0.717) is 22.3 Å². The van der Waals surface area contributed by atoms with Crippen LogP contribution in [0.2, 0.25) is 0 Å². The first-order valence-corrected chi connectivity index (χ1v) is 7.16. The maximum atomic E-state index is 13.9. The molecule has 0 aliphatic rings. The van der Waals surface area contributed by atoms with Crippen LogP contribution in [0.5, 0.6) is 0 Å². The Morgan fingerprint density at radius 1 is 1.25 bits per heavy atom. The summed E-state index contributed by atoms with van der Waals surface area (Å²) in [7, 11) is 0. The van der Waals surface area contributed by atoms with Crippen molar-refractivity contribution in [2.75, 3.05) is 18.9 Å². The third-order valence-corrected chi connectivity index (χ3v) is 3.36. The van der Waals surface area contributed by atoms with Crippen molar-refractivity contribution in [3.8, 4) is 11.3 Å². The van der Waals surface area contributed by atoms with E-state index in [-0.39, 0.29) is 24.5 Å². The lowest BCUT2D eigenvalue weighted by molar-refractivity contribution is 0.0944. The molecule has 3 rings (SSSR count). The van der Waals surface area contributed by atoms with Crippen molar-refractivity contribution in [2.24, 2.45) is 0 Å². The average Bonchev–Trinajstić information content (AvgIpc) is 2.59. The van der Waals surface area contributed by atoms with E-state index in [1.807, 2.05) is 0 Å². The summed E-state index contributed by atoms with van der Waals surface area (Å²) in [5.74, 6) is -0.826. The Kier molecular flexibility index (Phi) is 4.30. The van der Waals surface area contributed by atoms with Crippen molar-refractivity contribution >= 4 is 22.8 Å². The van der Waals surface area contributed by atoms with Crippen molar-refractivity contribution < 1.29 is 14.3 Å². The van der Waals surface area contributed by atoms with Gasteiger partial charge in [0.05, 0.1) is 17.8 Å². The standard InChI is InChI=1S/C16H14FN5O2/c17-11-6-9(5-10(7-11)16(24)19-3-4-23)12-1-2-13-14(22-12)15(18)21-8-20-13/h1-2,5-8,23H,3-4H2,(H,19,24)(H2,18,20,21). The van der Waals surface area contributed by atoms with E-state index in [4.69, 9.17) is 10.8 Å². The quantitative estimate of drug-likeness (QED) is 0.662. The number of halogens is 1. The second-order valence-electron chi connectivity index (χ2n) is 5.03. The number of nitrogens with zero attached hydrogens (tertiary/aromatic N) is 3. The molecule has 4 N–H and O–H groups in total. The molecule has 1 aromatic carbocycles. The number of anilines is 1. The second kappa shape index (κ2) is 6.55. The summed E-state index contributed by atoms with van der Waals surface area (Å²) in [5.41, 5.74) is 7.78. The van der Waals surface area contributed by atoms with Crippen molar-refractivity contribution in [2.45, 2.75) is 0 Å². The number of aliphatic hydroxyl groups excluding tert-OH is 1. The zero-order valence-electron chi connectivity index (χ0n) is 12.5. The van der Waals surface area contributed by atoms with Gasteiger partial charge in [0.2, 0.25) is 0 Å². The highest BCUT2D eigenvalue weighted by molar-refractivity contribution is 5.95. The predicted molar refractivity (Wildman–Crippen MR) is 86.6 cm³/mol. The third kappa shape index (κ3) is 3.13. The van der Waals surface area contributed by atoms with Crippen molar-refractivity contribution in [1.82, 2.24) is 20.3 Å². The van der Waals surface area contributed by atoms with Gasteiger partial charge in [0.15, 0.2) is 5.82 Å². The smallest absolute Gasteiger partial charge is 0.251 e. The zero-order chi connectivity index (χ0) is 17.1. The molecule has 0 aliphatic carbocycles. The van der Waals surface area contributed by atoms with Gasteiger partial charge < -0.3 is 16.2 Å². The number of hydrogen-bond donors (Lipinski definition) is 3. The number of aromatic nitrogens is 3. The molecule has 2 aromatic heterocycles. The maximum Gasteiger partial charge on any atom is 0.251 e. The Morgan fingerprint density at radius 2 is 2.08 bits per heavy atom. The van der Waals surface area contributed by atoms with Crippen LogP contribution < -0.4 is 11.1 Å². The summed E-state index contributed by atoms with van der Waals surface area (Å²) < 4.78 is 13.9. The van der Waals surface area contributed by atoms with Crippen LogP contribution in [0.25, 0.3) is 22.3 Å². The van der Waals surface area contributed by atoms with Gasteiger partial charge in [-0.15, -0.1) is 0 Å². The SMILES string of the molecule is Nc1ncnc2ccc(-c3cc(F)cc(C(=O)NCCO)c3)nc12. The van der Waals surface area contributed by atoms with E-state index >= 15 is 0 Å². The minimum absolute atomic E-state index is 0.0901. The van der Waals surface area contributed by atoms with Crippen molar-refractivity contribution in [1.29, 1.82) is 0 Å². The van der Waals surface area contributed by atoms with Crippen LogP contribution in [-0.4, -0.2) is 39.1 Å². The zero-order valence-corrected chi connectivity index (χ0v) is 12.5. The summed E-state index contributed by atoms with van der Waals surface area (Å²) >= 11 is 0. The van der Waals surface area contributed by atoms with Gasteiger partial charge in [0.1, 0.15) is 17.7 Å². The predicted octanol–water partition coefficient (Wildman–Crippen LogP) is 1.14. The van der Waals surface area contributed by atoms with Gasteiger partial charge in [-0.1, -0.05) is 0 Å². The monoisotopic (exact) mass is 327 g/mol. The first-order chi connectivity index (χ1) is 11.6. The van der Waals surface area contributed by atoms with Gasteiger partial charge in [0, 0.05) is 17.7 Å². The minimum atomic E-state index is -0.569. The number of rotatable bonds is 4. The third-order valence-electron chi connectivity index (χ3n) is 3.36. The molecular formula is C16H14FN5O2. The van der Waals surface area contributed by atoms with Crippen LogP contribution in [0.1, 0.15) is 10.4 Å². The molecule has 1 amide bonds. The lowest BCUT2D eigenvalue weighted by atomic mass is 10.1. The highest BCUT2D eigenvalue weighted by atomic mass is 19.1. The number of carbonyl (C=O) groups excluding carboxylic acids is 1. The van der Waals surface area contributed by atoms with E-state index in [2.05, 4.69) is 20.3 Å². The molecule has 0 radical (unpaired) electrons. The first kappa shape index (κ1) is 15.8. The van der Waals surface area contributed by atoms with Crippen LogP contribution in [0.4, 0.5) is 10.2 Å². The summed E-state index contributed by atoms with van der Waals surface area (Å²) in [6.45, 7) is -0.105. The van der Waals surface area contributed by atoms with E-state index in [9.17, 15) is 9.18 Å². The number of fused-ring (bicyclic) bond motifs is 1. The Bertz CT molecular complexity index is 916. The fourth-order valence-corrected chi connectivity index (χ4v) is 2.26. The van der Waals surface area contributed by atoms with E-state index < -0.39 is 11.7 Å². The Balaban J connectivity index is 2.04. The van der Waals surface area contributed by atoms with E-state index in [1.165, 1.54) is 18.5 Å². The molecule has 0 unspecified atom stereocenters. The van der Waals surface area contributed by atoms with Crippen molar-refractivity contribution in [3.05, 3.63) is 48.0 Å². The van der Waals surface area contributed by atoms with Crippen LogP contribution in [0.3, 0.4) is 0 Å². The minimum Gasteiger partial charge on any atom is -0.395 e. The molecule has 0 fully saturated rings. The lowest BCUT2D eigenvalue weighted by Gasteiger charge is -2.08. The molecule has 8 heteroatoms. The van der Waals surface area contributed by atoms with Gasteiger partial charge >= 0.3 is 0 Å². The highest BCUT2D eigenvalue weighted by Crippen LogP contribution is 2.24.